The minimum atomic E-state index is 0.908. The SMILES string of the molecule is Sc1cc(Br)ccc1C1=NCCCN1. The van der Waals surface area contributed by atoms with Crippen LogP contribution in [0.25, 0.3) is 0 Å². The highest BCUT2D eigenvalue weighted by Gasteiger charge is 2.09. The smallest absolute Gasteiger partial charge is 0.129 e. The number of aliphatic imine (C=N–C) groups is 1. The van der Waals surface area contributed by atoms with E-state index in [1.165, 1.54) is 0 Å². The lowest BCUT2D eigenvalue weighted by Gasteiger charge is -2.15. The Hall–Kier alpha value is -0.480. The molecule has 1 aliphatic heterocycles. The Bertz CT molecular complexity index is 376. The van der Waals surface area contributed by atoms with Gasteiger partial charge in [0.1, 0.15) is 5.84 Å². The van der Waals surface area contributed by atoms with Gasteiger partial charge in [0.05, 0.1) is 0 Å². The Balaban J connectivity index is 2.35. The maximum atomic E-state index is 4.43. The van der Waals surface area contributed by atoms with Crippen molar-refractivity contribution in [2.45, 2.75) is 11.3 Å². The predicted molar refractivity (Wildman–Crippen MR) is 65.4 cm³/mol. The number of hydrogen-bond acceptors (Lipinski definition) is 3. The summed E-state index contributed by atoms with van der Waals surface area (Å²) in [4.78, 5) is 5.38. The van der Waals surface area contributed by atoms with Crippen LogP contribution in [0.15, 0.2) is 32.6 Å². The first kappa shape index (κ1) is 10.1. The third-order valence-electron chi connectivity index (χ3n) is 2.11. The summed E-state index contributed by atoms with van der Waals surface area (Å²) in [5.74, 6) is 0.966. The van der Waals surface area contributed by atoms with Gasteiger partial charge in [0.15, 0.2) is 0 Å². The van der Waals surface area contributed by atoms with Crippen LogP contribution >= 0.6 is 28.6 Å². The first-order valence-electron chi connectivity index (χ1n) is 4.54. The molecule has 0 aromatic heterocycles. The topological polar surface area (TPSA) is 24.4 Å². The molecule has 0 fully saturated rings. The van der Waals surface area contributed by atoms with E-state index in [0.717, 1.165) is 40.3 Å². The molecular formula is C10H11BrN2S. The number of nitrogens with one attached hydrogen (secondary N) is 1. The van der Waals surface area contributed by atoms with Gasteiger partial charge < -0.3 is 5.32 Å². The van der Waals surface area contributed by atoms with Gasteiger partial charge in [-0.05, 0) is 24.6 Å². The summed E-state index contributed by atoms with van der Waals surface area (Å²) in [6.45, 7) is 1.91. The molecule has 1 heterocycles. The Morgan fingerprint density at radius 1 is 1.43 bits per heavy atom. The molecule has 0 atom stereocenters. The summed E-state index contributed by atoms with van der Waals surface area (Å²) in [6, 6.07) is 6.02. The molecular weight excluding hydrogens is 260 g/mol. The molecule has 1 aromatic carbocycles. The summed E-state index contributed by atoms with van der Waals surface area (Å²) in [7, 11) is 0. The number of halogens is 1. The van der Waals surface area contributed by atoms with E-state index in [0.29, 0.717) is 0 Å². The van der Waals surface area contributed by atoms with Gasteiger partial charge >= 0.3 is 0 Å². The number of thiol groups is 1. The monoisotopic (exact) mass is 270 g/mol. The molecule has 2 rings (SSSR count). The zero-order chi connectivity index (χ0) is 9.97. The molecule has 1 aliphatic rings. The predicted octanol–water partition coefficient (Wildman–Crippen LogP) is 2.48. The summed E-state index contributed by atoms with van der Waals surface area (Å²) in [6.07, 6.45) is 1.11. The Morgan fingerprint density at radius 2 is 2.29 bits per heavy atom. The van der Waals surface area contributed by atoms with Crippen molar-refractivity contribution in [2.75, 3.05) is 13.1 Å². The van der Waals surface area contributed by atoms with Crippen LogP contribution in [0.4, 0.5) is 0 Å². The molecule has 0 spiro atoms. The van der Waals surface area contributed by atoms with Crippen molar-refractivity contribution >= 4 is 34.4 Å². The largest absolute Gasteiger partial charge is 0.370 e. The van der Waals surface area contributed by atoms with E-state index < -0.39 is 0 Å². The van der Waals surface area contributed by atoms with E-state index in [9.17, 15) is 0 Å². The van der Waals surface area contributed by atoms with Gasteiger partial charge in [0, 0.05) is 28.0 Å². The lowest BCUT2D eigenvalue weighted by atomic mass is 10.2. The van der Waals surface area contributed by atoms with Gasteiger partial charge in [-0.3, -0.25) is 4.99 Å². The maximum absolute atomic E-state index is 4.43. The standard InChI is InChI=1S/C10H11BrN2S/c11-7-2-3-8(9(14)6-7)10-12-4-1-5-13-10/h2-3,6,14H,1,4-5H2,(H,12,13). The highest BCUT2D eigenvalue weighted by atomic mass is 79.9. The molecule has 1 aromatic rings. The third-order valence-corrected chi connectivity index (χ3v) is 2.98. The number of amidine groups is 1. The van der Waals surface area contributed by atoms with E-state index in [2.05, 4.69) is 38.9 Å². The van der Waals surface area contributed by atoms with Crippen LogP contribution in [0.2, 0.25) is 0 Å². The Labute approximate surface area is 97.4 Å². The average Bonchev–Trinajstić information content (AvgIpc) is 2.19. The van der Waals surface area contributed by atoms with Crippen LogP contribution in [-0.4, -0.2) is 18.9 Å². The Morgan fingerprint density at radius 3 is 2.93 bits per heavy atom. The van der Waals surface area contributed by atoms with Gasteiger partial charge in [0.2, 0.25) is 0 Å². The zero-order valence-electron chi connectivity index (χ0n) is 7.63. The third kappa shape index (κ3) is 2.12. The fraction of sp³-hybridized carbons (Fsp3) is 0.300. The van der Waals surface area contributed by atoms with Gasteiger partial charge in [0.25, 0.3) is 0 Å². The van der Waals surface area contributed by atoms with Crippen molar-refractivity contribution in [3.05, 3.63) is 28.2 Å². The molecule has 0 unspecified atom stereocenters. The summed E-state index contributed by atoms with van der Waals surface area (Å²) in [5, 5.41) is 3.28. The van der Waals surface area contributed by atoms with Gasteiger partial charge in [-0.2, -0.15) is 0 Å². The lowest BCUT2D eigenvalue weighted by Crippen LogP contribution is -2.30. The fourth-order valence-corrected chi connectivity index (χ4v) is 2.28. The minimum absolute atomic E-state index is 0.908. The first-order chi connectivity index (χ1) is 6.77. The van der Waals surface area contributed by atoms with Crippen LogP contribution in [-0.2, 0) is 0 Å². The average molecular weight is 271 g/mol. The number of hydrogen-bond donors (Lipinski definition) is 2. The Kier molecular flexibility index (Phi) is 3.13. The van der Waals surface area contributed by atoms with E-state index >= 15 is 0 Å². The highest BCUT2D eigenvalue weighted by molar-refractivity contribution is 9.10. The second-order valence-corrected chi connectivity index (χ2v) is 4.57. The summed E-state index contributed by atoms with van der Waals surface area (Å²) >= 11 is 7.84. The number of rotatable bonds is 1. The number of benzene rings is 1. The number of nitrogens with zero attached hydrogens (tertiary/aromatic N) is 1. The molecule has 0 aliphatic carbocycles. The van der Waals surface area contributed by atoms with Crippen LogP contribution in [0.1, 0.15) is 12.0 Å². The molecule has 0 saturated carbocycles. The summed E-state index contributed by atoms with van der Waals surface area (Å²) in [5.41, 5.74) is 1.08. The molecule has 74 valence electrons. The van der Waals surface area contributed by atoms with Crippen LogP contribution < -0.4 is 5.32 Å². The normalized spacial score (nSPS) is 16.0. The zero-order valence-corrected chi connectivity index (χ0v) is 10.1. The van der Waals surface area contributed by atoms with Crippen LogP contribution in [0, 0.1) is 0 Å². The molecule has 4 heteroatoms. The molecule has 0 saturated heterocycles. The lowest BCUT2D eigenvalue weighted by molar-refractivity contribution is 0.741. The van der Waals surface area contributed by atoms with E-state index in [4.69, 9.17) is 0 Å². The van der Waals surface area contributed by atoms with Crippen molar-refractivity contribution < 1.29 is 0 Å². The van der Waals surface area contributed by atoms with Crippen LogP contribution in [0.3, 0.4) is 0 Å². The molecule has 1 N–H and O–H groups in total. The fourth-order valence-electron chi connectivity index (χ4n) is 1.42. The quantitative estimate of drug-likeness (QED) is 0.753. The maximum Gasteiger partial charge on any atom is 0.129 e. The first-order valence-corrected chi connectivity index (χ1v) is 5.78. The molecule has 0 amide bonds. The van der Waals surface area contributed by atoms with Crippen LogP contribution in [0.5, 0.6) is 0 Å². The van der Waals surface area contributed by atoms with Gasteiger partial charge in [-0.25, -0.2) is 0 Å². The molecule has 0 bridgehead atoms. The second kappa shape index (κ2) is 4.36. The van der Waals surface area contributed by atoms with Crippen molar-refractivity contribution in [1.82, 2.24) is 5.32 Å². The van der Waals surface area contributed by atoms with E-state index in [1.54, 1.807) is 0 Å². The highest BCUT2D eigenvalue weighted by Crippen LogP contribution is 2.20. The van der Waals surface area contributed by atoms with Gasteiger partial charge in [-0.1, -0.05) is 15.9 Å². The molecule has 2 nitrogen and oxygen atoms in total. The van der Waals surface area contributed by atoms with Crippen molar-refractivity contribution in [2.24, 2.45) is 4.99 Å². The van der Waals surface area contributed by atoms with Gasteiger partial charge in [-0.15, -0.1) is 12.6 Å². The minimum Gasteiger partial charge on any atom is -0.370 e. The van der Waals surface area contributed by atoms with Crippen molar-refractivity contribution in [3.8, 4) is 0 Å². The van der Waals surface area contributed by atoms with Crippen molar-refractivity contribution in [3.63, 3.8) is 0 Å². The molecule has 14 heavy (non-hydrogen) atoms. The van der Waals surface area contributed by atoms with Crippen molar-refractivity contribution in [1.29, 1.82) is 0 Å². The molecule has 0 radical (unpaired) electrons. The second-order valence-electron chi connectivity index (χ2n) is 3.17. The summed E-state index contributed by atoms with van der Waals surface area (Å²) < 4.78 is 1.04. The van der Waals surface area contributed by atoms with E-state index in [1.807, 2.05) is 18.2 Å². The van der Waals surface area contributed by atoms with E-state index in [-0.39, 0.29) is 0 Å².